The molecule has 0 aliphatic heterocycles. The standard InChI is InChI=1S/C13H16N4S/c1-9-8-15-13(14-2)17-12(9)16-10-5-4-6-11(7-10)18-3/h4-8H,1-3H3,(H2,14,15,16,17). The Balaban J connectivity index is 2.27. The maximum atomic E-state index is 4.40. The van der Waals surface area contributed by atoms with Gasteiger partial charge >= 0.3 is 0 Å². The number of aryl methyl sites for hydroxylation is 1. The lowest BCUT2D eigenvalue weighted by Gasteiger charge is -2.10. The van der Waals surface area contributed by atoms with Crippen molar-refractivity contribution < 1.29 is 0 Å². The van der Waals surface area contributed by atoms with Gasteiger partial charge in [0.05, 0.1) is 0 Å². The molecule has 94 valence electrons. The van der Waals surface area contributed by atoms with Gasteiger partial charge in [0, 0.05) is 29.4 Å². The van der Waals surface area contributed by atoms with Crippen molar-refractivity contribution in [3.05, 3.63) is 36.0 Å². The molecule has 1 heterocycles. The van der Waals surface area contributed by atoms with E-state index in [0.29, 0.717) is 5.95 Å². The van der Waals surface area contributed by atoms with E-state index in [-0.39, 0.29) is 0 Å². The minimum Gasteiger partial charge on any atom is -0.357 e. The molecule has 4 nitrogen and oxygen atoms in total. The van der Waals surface area contributed by atoms with Crippen LogP contribution in [-0.2, 0) is 0 Å². The lowest BCUT2D eigenvalue weighted by molar-refractivity contribution is 1.12. The van der Waals surface area contributed by atoms with Crippen molar-refractivity contribution in [2.75, 3.05) is 23.9 Å². The van der Waals surface area contributed by atoms with Crippen molar-refractivity contribution in [2.24, 2.45) is 0 Å². The van der Waals surface area contributed by atoms with Crippen molar-refractivity contribution in [2.45, 2.75) is 11.8 Å². The number of thioether (sulfide) groups is 1. The predicted molar refractivity (Wildman–Crippen MR) is 77.8 cm³/mol. The fraction of sp³-hybridized carbons (Fsp3) is 0.231. The Labute approximate surface area is 111 Å². The topological polar surface area (TPSA) is 49.8 Å². The Morgan fingerprint density at radius 2 is 2.11 bits per heavy atom. The molecule has 0 aliphatic rings. The van der Waals surface area contributed by atoms with Crippen LogP contribution in [0.15, 0.2) is 35.4 Å². The summed E-state index contributed by atoms with van der Waals surface area (Å²) in [6, 6.07) is 8.25. The summed E-state index contributed by atoms with van der Waals surface area (Å²) in [4.78, 5) is 9.79. The van der Waals surface area contributed by atoms with Gasteiger partial charge in [-0.2, -0.15) is 4.98 Å². The molecule has 2 aromatic rings. The Morgan fingerprint density at radius 1 is 1.28 bits per heavy atom. The second kappa shape index (κ2) is 5.73. The van der Waals surface area contributed by atoms with Gasteiger partial charge in [0.15, 0.2) is 0 Å². The average Bonchev–Trinajstić information content (AvgIpc) is 2.41. The summed E-state index contributed by atoms with van der Waals surface area (Å²) in [6.45, 7) is 1.99. The Bertz CT molecular complexity index is 542. The van der Waals surface area contributed by atoms with E-state index in [2.05, 4.69) is 39.0 Å². The average molecular weight is 260 g/mol. The van der Waals surface area contributed by atoms with Crippen LogP contribution in [0.3, 0.4) is 0 Å². The molecular weight excluding hydrogens is 244 g/mol. The molecule has 0 bridgehead atoms. The van der Waals surface area contributed by atoms with Crippen LogP contribution in [0.2, 0.25) is 0 Å². The van der Waals surface area contributed by atoms with Gasteiger partial charge in [-0.25, -0.2) is 4.98 Å². The van der Waals surface area contributed by atoms with E-state index < -0.39 is 0 Å². The molecule has 18 heavy (non-hydrogen) atoms. The van der Waals surface area contributed by atoms with Crippen LogP contribution >= 0.6 is 11.8 Å². The summed E-state index contributed by atoms with van der Waals surface area (Å²) < 4.78 is 0. The molecule has 0 unspecified atom stereocenters. The molecule has 0 aliphatic carbocycles. The molecule has 2 N–H and O–H groups in total. The van der Waals surface area contributed by atoms with E-state index >= 15 is 0 Å². The summed E-state index contributed by atoms with van der Waals surface area (Å²) in [5, 5.41) is 6.25. The number of hydrogen-bond donors (Lipinski definition) is 2. The highest BCUT2D eigenvalue weighted by molar-refractivity contribution is 7.98. The molecule has 1 aromatic heterocycles. The minimum absolute atomic E-state index is 0.615. The van der Waals surface area contributed by atoms with Crippen LogP contribution in [0.1, 0.15) is 5.56 Å². The quantitative estimate of drug-likeness (QED) is 0.826. The zero-order valence-corrected chi connectivity index (χ0v) is 11.5. The number of rotatable bonds is 4. The van der Waals surface area contributed by atoms with Crippen molar-refractivity contribution in [1.29, 1.82) is 0 Å². The molecule has 0 radical (unpaired) electrons. The fourth-order valence-electron chi connectivity index (χ4n) is 1.53. The smallest absolute Gasteiger partial charge is 0.224 e. The molecule has 0 saturated carbocycles. The van der Waals surface area contributed by atoms with E-state index in [0.717, 1.165) is 17.1 Å². The summed E-state index contributed by atoms with van der Waals surface area (Å²) in [6.07, 6.45) is 3.87. The van der Waals surface area contributed by atoms with Crippen LogP contribution in [0.25, 0.3) is 0 Å². The first-order chi connectivity index (χ1) is 8.72. The monoisotopic (exact) mass is 260 g/mol. The van der Waals surface area contributed by atoms with Crippen molar-refractivity contribution >= 4 is 29.2 Å². The largest absolute Gasteiger partial charge is 0.357 e. The second-order valence-electron chi connectivity index (χ2n) is 3.83. The van der Waals surface area contributed by atoms with Crippen molar-refractivity contribution in [3.63, 3.8) is 0 Å². The minimum atomic E-state index is 0.615. The molecule has 0 amide bonds. The molecular formula is C13H16N4S. The molecule has 2 rings (SSSR count). The van der Waals surface area contributed by atoms with E-state index in [1.165, 1.54) is 4.90 Å². The first kappa shape index (κ1) is 12.7. The molecule has 1 aromatic carbocycles. The van der Waals surface area contributed by atoms with Gasteiger partial charge in [-0.3, -0.25) is 0 Å². The predicted octanol–water partition coefficient (Wildman–Crippen LogP) is 3.29. The summed E-state index contributed by atoms with van der Waals surface area (Å²) >= 11 is 1.72. The number of nitrogens with one attached hydrogen (secondary N) is 2. The van der Waals surface area contributed by atoms with E-state index in [9.17, 15) is 0 Å². The molecule has 0 saturated heterocycles. The number of nitrogens with zero attached hydrogens (tertiary/aromatic N) is 2. The third-order valence-corrected chi connectivity index (χ3v) is 3.25. The zero-order valence-electron chi connectivity index (χ0n) is 10.7. The Kier molecular flexibility index (Phi) is 4.04. The van der Waals surface area contributed by atoms with Gasteiger partial charge in [0.1, 0.15) is 5.82 Å². The summed E-state index contributed by atoms with van der Waals surface area (Å²) in [5.74, 6) is 1.44. The number of anilines is 3. The van der Waals surface area contributed by atoms with Gasteiger partial charge in [-0.05, 0) is 31.4 Å². The van der Waals surface area contributed by atoms with Gasteiger partial charge in [0.2, 0.25) is 5.95 Å². The van der Waals surface area contributed by atoms with Crippen molar-refractivity contribution in [1.82, 2.24) is 9.97 Å². The fourth-order valence-corrected chi connectivity index (χ4v) is 1.99. The third-order valence-electron chi connectivity index (χ3n) is 2.53. The first-order valence-electron chi connectivity index (χ1n) is 5.65. The van der Waals surface area contributed by atoms with Crippen LogP contribution in [-0.4, -0.2) is 23.3 Å². The van der Waals surface area contributed by atoms with Gasteiger partial charge in [-0.15, -0.1) is 11.8 Å². The number of hydrogen-bond acceptors (Lipinski definition) is 5. The summed E-state index contributed by atoms with van der Waals surface area (Å²) in [7, 11) is 1.81. The van der Waals surface area contributed by atoms with E-state index in [4.69, 9.17) is 0 Å². The van der Waals surface area contributed by atoms with Crippen LogP contribution in [0, 0.1) is 6.92 Å². The molecule has 0 fully saturated rings. The van der Waals surface area contributed by atoms with Gasteiger partial charge < -0.3 is 10.6 Å². The zero-order chi connectivity index (χ0) is 13.0. The van der Waals surface area contributed by atoms with Crippen LogP contribution in [0.4, 0.5) is 17.5 Å². The Morgan fingerprint density at radius 3 is 2.83 bits per heavy atom. The highest BCUT2D eigenvalue weighted by Crippen LogP contribution is 2.23. The van der Waals surface area contributed by atoms with Crippen LogP contribution in [0.5, 0.6) is 0 Å². The van der Waals surface area contributed by atoms with E-state index in [1.54, 1.807) is 18.0 Å². The van der Waals surface area contributed by atoms with Gasteiger partial charge in [-0.1, -0.05) is 6.07 Å². The van der Waals surface area contributed by atoms with E-state index in [1.807, 2.05) is 26.1 Å². The third kappa shape index (κ3) is 2.92. The molecule has 5 heteroatoms. The normalized spacial score (nSPS) is 10.2. The lowest BCUT2D eigenvalue weighted by Crippen LogP contribution is -2.02. The SMILES string of the molecule is CNc1ncc(C)c(Nc2cccc(SC)c2)n1. The summed E-state index contributed by atoms with van der Waals surface area (Å²) in [5.41, 5.74) is 2.05. The first-order valence-corrected chi connectivity index (χ1v) is 6.88. The second-order valence-corrected chi connectivity index (χ2v) is 4.71. The maximum absolute atomic E-state index is 4.40. The molecule has 0 spiro atoms. The van der Waals surface area contributed by atoms with Gasteiger partial charge in [0.25, 0.3) is 0 Å². The Hall–Kier alpha value is -1.75. The van der Waals surface area contributed by atoms with Crippen LogP contribution < -0.4 is 10.6 Å². The van der Waals surface area contributed by atoms with Crippen molar-refractivity contribution in [3.8, 4) is 0 Å². The number of aromatic nitrogens is 2. The number of benzene rings is 1. The lowest BCUT2D eigenvalue weighted by atomic mass is 10.3. The highest BCUT2D eigenvalue weighted by Gasteiger charge is 2.03. The maximum Gasteiger partial charge on any atom is 0.224 e. The highest BCUT2D eigenvalue weighted by atomic mass is 32.2. The molecule has 0 atom stereocenters.